The highest BCUT2D eigenvalue weighted by Crippen LogP contribution is 2.01. The lowest BCUT2D eigenvalue weighted by atomic mass is 10.1. The molecule has 0 atom stereocenters. The largest absolute Gasteiger partial charge is 0.356 e. The van der Waals surface area contributed by atoms with E-state index in [-0.39, 0.29) is 5.91 Å². The van der Waals surface area contributed by atoms with Crippen LogP contribution in [0.25, 0.3) is 0 Å². The maximum absolute atomic E-state index is 11.0. The Morgan fingerprint density at radius 1 is 1.54 bits per heavy atom. The molecule has 0 spiro atoms. The fourth-order valence-electron chi connectivity index (χ4n) is 0.996. The Kier molecular flexibility index (Phi) is 6.99. The first-order valence-electron chi connectivity index (χ1n) is 4.80. The van der Waals surface area contributed by atoms with Crippen LogP contribution in [0.3, 0.4) is 0 Å². The van der Waals surface area contributed by atoms with Crippen LogP contribution in [0.4, 0.5) is 0 Å². The third kappa shape index (κ3) is 8.87. The first kappa shape index (κ1) is 12.0. The van der Waals surface area contributed by atoms with E-state index < -0.39 is 0 Å². The summed E-state index contributed by atoms with van der Waals surface area (Å²) in [6.07, 6.45) is 2.81. The molecule has 3 nitrogen and oxygen atoms in total. The Morgan fingerprint density at radius 2 is 2.23 bits per heavy atom. The minimum atomic E-state index is -0.00898. The number of hydrogen-bond acceptors (Lipinski definition) is 2. The SMILES string of the molecule is CC(C)CCCNC(=O)CCC#N. The molecule has 0 heterocycles. The number of nitriles is 1. The second kappa shape index (κ2) is 7.60. The van der Waals surface area contributed by atoms with E-state index in [4.69, 9.17) is 5.26 Å². The predicted octanol–water partition coefficient (Wildman–Crippen LogP) is 1.84. The van der Waals surface area contributed by atoms with E-state index in [1.807, 2.05) is 6.07 Å². The molecule has 0 unspecified atom stereocenters. The topological polar surface area (TPSA) is 52.9 Å². The van der Waals surface area contributed by atoms with Crippen LogP contribution >= 0.6 is 0 Å². The number of hydrogen-bond donors (Lipinski definition) is 1. The van der Waals surface area contributed by atoms with Gasteiger partial charge in [0, 0.05) is 19.4 Å². The van der Waals surface area contributed by atoms with Crippen LogP contribution in [-0.2, 0) is 4.79 Å². The molecule has 0 bridgehead atoms. The summed E-state index contributed by atoms with van der Waals surface area (Å²) in [7, 11) is 0. The first-order chi connectivity index (χ1) is 6.16. The Morgan fingerprint density at radius 3 is 2.77 bits per heavy atom. The van der Waals surface area contributed by atoms with Gasteiger partial charge in [-0.3, -0.25) is 4.79 Å². The molecule has 0 saturated heterocycles. The van der Waals surface area contributed by atoms with Crippen molar-refractivity contribution in [3.05, 3.63) is 0 Å². The molecule has 74 valence electrons. The smallest absolute Gasteiger partial charge is 0.221 e. The van der Waals surface area contributed by atoms with E-state index in [0.29, 0.717) is 18.8 Å². The Balaban J connectivity index is 3.23. The molecular weight excluding hydrogens is 164 g/mol. The number of carbonyl (C=O) groups is 1. The van der Waals surface area contributed by atoms with Gasteiger partial charge in [0.1, 0.15) is 0 Å². The quantitative estimate of drug-likeness (QED) is 0.637. The Bertz CT molecular complexity index is 182. The van der Waals surface area contributed by atoms with E-state index in [1.165, 1.54) is 0 Å². The van der Waals surface area contributed by atoms with E-state index in [9.17, 15) is 4.79 Å². The number of nitrogens with one attached hydrogen (secondary N) is 1. The van der Waals surface area contributed by atoms with Gasteiger partial charge in [0.15, 0.2) is 0 Å². The van der Waals surface area contributed by atoms with Gasteiger partial charge in [-0.1, -0.05) is 13.8 Å². The van der Waals surface area contributed by atoms with Gasteiger partial charge >= 0.3 is 0 Å². The molecule has 0 aliphatic rings. The molecule has 0 rings (SSSR count). The average Bonchev–Trinajstić information content (AvgIpc) is 2.08. The summed E-state index contributed by atoms with van der Waals surface area (Å²) in [6, 6.07) is 1.95. The number of rotatable bonds is 6. The van der Waals surface area contributed by atoms with Crippen molar-refractivity contribution < 1.29 is 4.79 Å². The summed E-state index contributed by atoms with van der Waals surface area (Å²) in [6.45, 7) is 5.07. The third-order valence-electron chi connectivity index (χ3n) is 1.74. The summed E-state index contributed by atoms with van der Waals surface area (Å²) in [4.78, 5) is 11.0. The monoisotopic (exact) mass is 182 g/mol. The zero-order chi connectivity index (χ0) is 10.1. The minimum Gasteiger partial charge on any atom is -0.356 e. The normalized spacial score (nSPS) is 9.69. The molecule has 0 fully saturated rings. The summed E-state index contributed by atoms with van der Waals surface area (Å²) >= 11 is 0. The van der Waals surface area contributed by atoms with Crippen LogP contribution < -0.4 is 5.32 Å². The fourth-order valence-corrected chi connectivity index (χ4v) is 0.996. The van der Waals surface area contributed by atoms with Crippen molar-refractivity contribution in [2.45, 2.75) is 39.5 Å². The molecule has 0 aromatic rings. The molecule has 0 aliphatic heterocycles. The molecule has 1 amide bonds. The lowest BCUT2D eigenvalue weighted by Gasteiger charge is -2.05. The van der Waals surface area contributed by atoms with Crippen LogP contribution in [0.5, 0.6) is 0 Å². The summed E-state index contributed by atoms with van der Waals surface area (Å²) in [5.74, 6) is 0.682. The molecule has 13 heavy (non-hydrogen) atoms. The van der Waals surface area contributed by atoms with Crippen LogP contribution in [0.2, 0.25) is 0 Å². The van der Waals surface area contributed by atoms with Crippen LogP contribution in [0.15, 0.2) is 0 Å². The van der Waals surface area contributed by atoms with Gasteiger partial charge in [0.25, 0.3) is 0 Å². The zero-order valence-corrected chi connectivity index (χ0v) is 8.47. The molecule has 3 heteroatoms. The highest BCUT2D eigenvalue weighted by molar-refractivity contribution is 5.75. The zero-order valence-electron chi connectivity index (χ0n) is 8.47. The first-order valence-corrected chi connectivity index (χ1v) is 4.80. The highest BCUT2D eigenvalue weighted by Gasteiger charge is 1.99. The average molecular weight is 182 g/mol. The molecule has 0 saturated carbocycles. The second-order valence-electron chi connectivity index (χ2n) is 3.54. The van der Waals surface area contributed by atoms with Gasteiger partial charge in [-0.25, -0.2) is 0 Å². The van der Waals surface area contributed by atoms with Crippen molar-refractivity contribution in [2.75, 3.05) is 6.54 Å². The number of nitrogens with zero attached hydrogens (tertiary/aromatic N) is 1. The van der Waals surface area contributed by atoms with Crippen molar-refractivity contribution in [3.8, 4) is 6.07 Å². The predicted molar refractivity (Wildman–Crippen MR) is 51.9 cm³/mol. The van der Waals surface area contributed by atoms with Crippen LogP contribution in [0.1, 0.15) is 39.5 Å². The minimum absolute atomic E-state index is 0.00898. The number of carbonyl (C=O) groups excluding carboxylic acids is 1. The molecule has 0 aromatic heterocycles. The van der Waals surface area contributed by atoms with Gasteiger partial charge < -0.3 is 5.32 Å². The second-order valence-corrected chi connectivity index (χ2v) is 3.54. The Labute approximate surface area is 80.1 Å². The molecule has 0 aliphatic carbocycles. The van der Waals surface area contributed by atoms with Crippen molar-refractivity contribution >= 4 is 5.91 Å². The summed E-state index contributed by atoms with van der Waals surface area (Å²) in [5, 5.41) is 11.0. The summed E-state index contributed by atoms with van der Waals surface area (Å²) in [5.41, 5.74) is 0. The number of amides is 1. The van der Waals surface area contributed by atoms with Crippen molar-refractivity contribution in [3.63, 3.8) is 0 Å². The van der Waals surface area contributed by atoms with E-state index in [1.54, 1.807) is 0 Å². The van der Waals surface area contributed by atoms with Crippen molar-refractivity contribution in [2.24, 2.45) is 5.92 Å². The maximum Gasteiger partial charge on any atom is 0.221 e. The lowest BCUT2D eigenvalue weighted by Crippen LogP contribution is -2.24. The van der Waals surface area contributed by atoms with E-state index in [0.717, 1.165) is 19.4 Å². The lowest BCUT2D eigenvalue weighted by molar-refractivity contribution is -0.121. The molecular formula is C10H18N2O. The van der Waals surface area contributed by atoms with Crippen molar-refractivity contribution in [1.29, 1.82) is 5.26 Å². The highest BCUT2D eigenvalue weighted by atomic mass is 16.1. The Hall–Kier alpha value is -1.04. The molecule has 0 radical (unpaired) electrons. The fraction of sp³-hybridized carbons (Fsp3) is 0.800. The standard InChI is InChI=1S/C10H18N2O/c1-9(2)5-4-8-12-10(13)6-3-7-11/h9H,3-6,8H2,1-2H3,(H,12,13). The third-order valence-corrected chi connectivity index (χ3v) is 1.74. The summed E-state index contributed by atoms with van der Waals surface area (Å²) < 4.78 is 0. The molecule has 0 aromatic carbocycles. The van der Waals surface area contributed by atoms with Gasteiger partial charge in [0.05, 0.1) is 6.07 Å². The van der Waals surface area contributed by atoms with Gasteiger partial charge in [-0.15, -0.1) is 0 Å². The van der Waals surface area contributed by atoms with Crippen LogP contribution in [-0.4, -0.2) is 12.5 Å². The van der Waals surface area contributed by atoms with E-state index >= 15 is 0 Å². The van der Waals surface area contributed by atoms with E-state index in [2.05, 4.69) is 19.2 Å². The van der Waals surface area contributed by atoms with Gasteiger partial charge in [-0.05, 0) is 18.8 Å². The van der Waals surface area contributed by atoms with Crippen LogP contribution in [0, 0.1) is 17.2 Å². The van der Waals surface area contributed by atoms with Gasteiger partial charge in [0.2, 0.25) is 5.91 Å². The maximum atomic E-state index is 11.0. The van der Waals surface area contributed by atoms with Crippen molar-refractivity contribution in [1.82, 2.24) is 5.32 Å². The molecule has 1 N–H and O–H groups in total. The van der Waals surface area contributed by atoms with Gasteiger partial charge in [-0.2, -0.15) is 5.26 Å².